The zero-order valence-corrected chi connectivity index (χ0v) is 14.1. The van der Waals surface area contributed by atoms with Crippen molar-refractivity contribution in [3.63, 3.8) is 0 Å². The van der Waals surface area contributed by atoms with Crippen molar-refractivity contribution in [3.8, 4) is 0 Å². The Balaban J connectivity index is 1.69. The van der Waals surface area contributed by atoms with Crippen LogP contribution in [-0.2, 0) is 14.4 Å². The molecule has 1 aromatic rings. The van der Waals surface area contributed by atoms with E-state index in [4.69, 9.17) is 5.11 Å². The van der Waals surface area contributed by atoms with E-state index in [0.717, 1.165) is 18.5 Å². The fourth-order valence-corrected chi connectivity index (χ4v) is 3.58. The third kappa shape index (κ3) is 3.99. The van der Waals surface area contributed by atoms with Crippen molar-refractivity contribution in [3.05, 3.63) is 30.3 Å². The fraction of sp³-hybridized carbons (Fsp3) is 0.500. The SMILES string of the molecule is O=C(O)CN1CCCCC(N2CCN(c3ccccc3)C(=O)C2)C1=O. The topological polar surface area (TPSA) is 81.2 Å². The highest BCUT2D eigenvalue weighted by molar-refractivity contribution is 5.96. The molecule has 2 fully saturated rings. The van der Waals surface area contributed by atoms with Crippen molar-refractivity contribution in [2.75, 3.05) is 37.6 Å². The monoisotopic (exact) mass is 345 g/mol. The summed E-state index contributed by atoms with van der Waals surface area (Å²) in [4.78, 5) is 41.4. The molecule has 2 saturated heterocycles. The highest BCUT2D eigenvalue weighted by Gasteiger charge is 2.36. The minimum absolute atomic E-state index is 0.0284. The molecule has 0 radical (unpaired) electrons. The van der Waals surface area contributed by atoms with Gasteiger partial charge in [0.2, 0.25) is 11.8 Å². The summed E-state index contributed by atoms with van der Waals surface area (Å²) in [6.07, 6.45) is 2.33. The first-order valence-corrected chi connectivity index (χ1v) is 8.66. The molecule has 2 aliphatic rings. The van der Waals surface area contributed by atoms with Gasteiger partial charge in [-0.1, -0.05) is 18.2 Å². The molecule has 1 unspecified atom stereocenters. The van der Waals surface area contributed by atoms with Crippen molar-refractivity contribution < 1.29 is 19.5 Å². The lowest BCUT2D eigenvalue weighted by Crippen LogP contribution is -2.57. The summed E-state index contributed by atoms with van der Waals surface area (Å²) < 4.78 is 0. The van der Waals surface area contributed by atoms with E-state index in [1.54, 1.807) is 4.90 Å². The van der Waals surface area contributed by atoms with E-state index < -0.39 is 12.0 Å². The summed E-state index contributed by atoms with van der Waals surface area (Å²) >= 11 is 0. The molecule has 7 heteroatoms. The third-order valence-corrected chi connectivity index (χ3v) is 4.84. The maximum Gasteiger partial charge on any atom is 0.323 e. The number of carbonyl (C=O) groups is 3. The van der Waals surface area contributed by atoms with Gasteiger partial charge in [-0.25, -0.2) is 0 Å². The molecule has 0 aromatic heterocycles. The van der Waals surface area contributed by atoms with Crippen LogP contribution in [0.3, 0.4) is 0 Å². The number of carbonyl (C=O) groups excluding carboxylic acids is 2. The van der Waals surface area contributed by atoms with Gasteiger partial charge in [0.1, 0.15) is 6.54 Å². The van der Waals surface area contributed by atoms with Crippen molar-refractivity contribution >= 4 is 23.5 Å². The first-order valence-electron chi connectivity index (χ1n) is 8.66. The second kappa shape index (κ2) is 7.65. The van der Waals surface area contributed by atoms with Crippen LogP contribution in [0, 0.1) is 0 Å². The van der Waals surface area contributed by atoms with Crippen molar-refractivity contribution in [2.24, 2.45) is 0 Å². The predicted octanol–water partition coefficient (Wildman–Crippen LogP) is 0.801. The summed E-state index contributed by atoms with van der Waals surface area (Å²) in [6, 6.07) is 9.11. The molecule has 134 valence electrons. The van der Waals surface area contributed by atoms with Crippen molar-refractivity contribution in [2.45, 2.75) is 25.3 Å². The van der Waals surface area contributed by atoms with E-state index in [2.05, 4.69) is 0 Å². The van der Waals surface area contributed by atoms with Crippen LogP contribution in [0.4, 0.5) is 5.69 Å². The normalized spacial score (nSPS) is 22.8. The Kier molecular flexibility index (Phi) is 5.33. The van der Waals surface area contributed by atoms with E-state index >= 15 is 0 Å². The van der Waals surface area contributed by atoms with Gasteiger partial charge in [0.15, 0.2) is 0 Å². The van der Waals surface area contributed by atoms with Gasteiger partial charge in [-0.3, -0.25) is 19.3 Å². The van der Waals surface area contributed by atoms with E-state index in [9.17, 15) is 14.4 Å². The number of aliphatic carboxylic acids is 1. The Morgan fingerprint density at radius 2 is 1.84 bits per heavy atom. The molecular formula is C18H23N3O4. The summed E-state index contributed by atoms with van der Waals surface area (Å²) in [5, 5.41) is 9.01. The van der Waals surface area contributed by atoms with Gasteiger partial charge >= 0.3 is 5.97 Å². The van der Waals surface area contributed by atoms with E-state index in [-0.39, 0.29) is 24.9 Å². The maximum atomic E-state index is 12.7. The number of amides is 2. The molecule has 25 heavy (non-hydrogen) atoms. The molecule has 2 aliphatic heterocycles. The van der Waals surface area contributed by atoms with Gasteiger partial charge in [0.05, 0.1) is 12.6 Å². The van der Waals surface area contributed by atoms with Crippen LogP contribution in [-0.4, -0.2) is 71.5 Å². The predicted molar refractivity (Wildman–Crippen MR) is 92.2 cm³/mol. The number of carboxylic acid groups (broad SMARTS) is 1. The quantitative estimate of drug-likeness (QED) is 0.873. The Bertz CT molecular complexity index is 649. The number of likely N-dealkylation sites (tertiary alicyclic amines) is 1. The number of hydrogen-bond donors (Lipinski definition) is 1. The van der Waals surface area contributed by atoms with Crippen LogP contribution >= 0.6 is 0 Å². The maximum absolute atomic E-state index is 12.7. The van der Waals surface area contributed by atoms with E-state index in [0.29, 0.717) is 26.1 Å². The number of para-hydroxylation sites is 1. The van der Waals surface area contributed by atoms with Crippen molar-refractivity contribution in [1.82, 2.24) is 9.80 Å². The van der Waals surface area contributed by atoms with Crippen LogP contribution < -0.4 is 4.90 Å². The zero-order chi connectivity index (χ0) is 17.8. The molecule has 1 atom stereocenters. The number of piperazine rings is 1. The van der Waals surface area contributed by atoms with E-state index in [1.165, 1.54) is 4.90 Å². The van der Waals surface area contributed by atoms with E-state index in [1.807, 2.05) is 35.2 Å². The summed E-state index contributed by atoms with van der Waals surface area (Å²) in [6.45, 7) is 1.53. The molecule has 2 heterocycles. The minimum Gasteiger partial charge on any atom is -0.480 e. The zero-order valence-electron chi connectivity index (χ0n) is 14.1. The van der Waals surface area contributed by atoms with Crippen molar-refractivity contribution in [1.29, 1.82) is 0 Å². The lowest BCUT2D eigenvalue weighted by molar-refractivity contribution is -0.147. The van der Waals surface area contributed by atoms with Crippen LogP contribution in [0.15, 0.2) is 30.3 Å². The lowest BCUT2D eigenvalue weighted by atomic mass is 10.1. The Hall–Kier alpha value is -2.41. The number of anilines is 1. The second-order valence-corrected chi connectivity index (χ2v) is 6.52. The average molecular weight is 345 g/mol. The molecule has 7 nitrogen and oxygen atoms in total. The minimum atomic E-state index is -1.00. The summed E-state index contributed by atoms with van der Waals surface area (Å²) in [5.74, 6) is -1.20. The summed E-state index contributed by atoms with van der Waals surface area (Å²) in [5.41, 5.74) is 0.867. The highest BCUT2D eigenvalue weighted by atomic mass is 16.4. The first kappa shape index (κ1) is 17.4. The number of benzene rings is 1. The van der Waals surface area contributed by atoms with Crippen LogP contribution in [0.1, 0.15) is 19.3 Å². The van der Waals surface area contributed by atoms with Gasteiger partial charge in [0, 0.05) is 25.3 Å². The van der Waals surface area contributed by atoms with Gasteiger partial charge < -0.3 is 14.9 Å². The molecule has 0 saturated carbocycles. The third-order valence-electron chi connectivity index (χ3n) is 4.84. The Labute approximate surface area is 146 Å². The molecule has 3 rings (SSSR count). The molecule has 1 N–H and O–H groups in total. The smallest absolute Gasteiger partial charge is 0.323 e. The summed E-state index contributed by atoms with van der Waals surface area (Å²) in [7, 11) is 0. The fourth-order valence-electron chi connectivity index (χ4n) is 3.58. The van der Waals surface area contributed by atoms with Gasteiger partial charge in [-0.15, -0.1) is 0 Å². The molecule has 0 aliphatic carbocycles. The van der Waals surface area contributed by atoms with Crippen LogP contribution in [0.5, 0.6) is 0 Å². The Morgan fingerprint density at radius 1 is 1.08 bits per heavy atom. The van der Waals surface area contributed by atoms with Crippen LogP contribution in [0.2, 0.25) is 0 Å². The van der Waals surface area contributed by atoms with Gasteiger partial charge in [0.25, 0.3) is 0 Å². The van der Waals surface area contributed by atoms with Gasteiger partial charge in [-0.05, 0) is 31.4 Å². The molecule has 2 amide bonds. The van der Waals surface area contributed by atoms with Crippen LogP contribution in [0.25, 0.3) is 0 Å². The largest absolute Gasteiger partial charge is 0.480 e. The molecular weight excluding hydrogens is 322 g/mol. The molecule has 0 spiro atoms. The number of rotatable bonds is 4. The number of carboxylic acids is 1. The van der Waals surface area contributed by atoms with Gasteiger partial charge in [-0.2, -0.15) is 0 Å². The lowest BCUT2D eigenvalue weighted by Gasteiger charge is -2.38. The standard InChI is InChI=1S/C18H23N3O4/c22-16-12-19(10-11-21(16)14-6-2-1-3-7-14)15-8-4-5-9-20(18(15)25)13-17(23)24/h1-3,6-7,15H,4-5,8-13H2,(H,23,24). The molecule has 0 bridgehead atoms. The Morgan fingerprint density at radius 3 is 2.52 bits per heavy atom. The number of nitrogens with zero attached hydrogens (tertiary/aromatic N) is 3. The molecule has 1 aromatic carbocycles. The number of hydrogen-bond acceptors (Lipinski definition) is 4. The highest BCUT2D eigenvalue weighted by Crippen LogP contribution is 2.22. The first-order chi connectivity index (χ1) is 12.1. The second-order valence-electron chi connectivity index (χ2n) is 6.52. The average Bonchev–Trinajstić information content (AvgIpc) is 2.77.